The van der Waals surface area contributed by atoms with E-state index in [9.17, 15) is 13.6 Å². The molecule has 4 nitrogen and oxygen atoms in total. The van der Waals surface area contributed by atoms with Gasteiger partial charge in [-0.1, -0.05) is 19.3 Å². The molecule has 1 aliphatic carbocycles. The predicted octanol–water partition coefficient (Wildman–Crippen LogP) is 3.50. The molecule has 0 aliphatic heterocycles. The highest BCUT2D eigenvalue weighted by Gasteiger charge is 2.17. The van der Waals surface area contributed by atoms with E-state index in [1.54, 1.807) is 0 Å². The molecule has 24 heavy (non-hydrogen) atoms. The minimum Gasteiger partial charge on any atom is -0.483 e. The van der Waals surface area contributed by atoms with Crippen molar-refractivity contribution in [3.8, 4) is 5.75 Å². The zero-order chi connectivity index (χ0) is 16.7. The van der Waals surface area contributed by atoms with Crippen LogP contribution in [0.5, 0.6) is 5.75 Å². The highest BCUT2D eigenvalue weighted by atomic mass is 35.5. The third-order valence-electron chi connectivity index (χ3n) is 3.84. The van der Waals surface area contributed by atoms with Crippen LogP contribution in [0.1, 0.15) is 42.5 Å². The van der Waals surface area contributed by atoms with Gasteiger partial charge in [0.2, 0.25) is 0 Å². The number of halogens is 3. The van der Waals surface area contributed by atoms with Crippen molar-refractivity contribution in [2.24, 2.45) is 5.73 Å². The highest BCUT2D eigenvalue weighted by Crippen LogP contribution is 2.21. The number of hydrogen-bond acceptors (Lipinski definition) is 3. The fourth-order valence-electron chi connectivity index (χ4n) is 2.61. The molecule has 1 aromatic rings. The van der Waals surface area contributed by atoms with Crippen molar-refractivity contribution >= 4 is 18.3 Å². The summed E-state index contributed by atoms with van der Waals surface area (Å²) >= 11 is 0. The number of ether oxygens (including phenoxy) is 1. The standard InChI is InChI=1S/C17H22F2N2O2.ClH/c18-13(8-9-20)11-23-16-7-6-12(10-15(16)19)17(22)21-14-4-2-1-3-5-14;/h6-8,10,14H,1-5,9,11,20H2,(H,21,22);1H. The van der Waals surface area contributed by atoms with Crippen LogP contribution in [0.15, 0.2) is 30.1 Å². The van der Waals surface area contributed by atoms with Crippen LogP contribution < -0.4 is 15.8 Å². The van der Waals surface area contributed by atoms with Gasteiger partial charge in [0.25, 0.3) is 5.91 Å². The lowest BCUT2D eigenvalue weighted by Gasteiger charge is -2.22. The van der Waals surface area contributed by atoms with E-state index in [1.165, 1.54) is 18.6 Å². The topological polar surface area (TPSA) is 64.3 Å². The van der Waals surface area contributed by atoms with E-state index in [1.807, 2.05) is 0 Å². The van der Waals surface area contributed by atoms with Crippen molar-refractivity contribution < 1.29 is 18.3 Å². The van der Waals surface area contributed by atoms with E-state index in [-0.39, 0.29) is 48.8 Å². The number of rotatable bonds is 6. The third-order valence-corrected chi connectivity index (χ3v) is 3.84. The van der Waals surface area contributed by atoms with E-state index < -0.39 is 11.6 Å². The Morgan fingerprint density at radius 3 is 2.67 bits per heavy atom. The largest absolute Gasteiger partial charge is 0.483 e. The average molecular weight is 361 g/mol. The molecule has 134 valence electrons. The molecule has 1 aromatic carbocycles. The normalized spacial score (nSPS) is 15.5. The van der Waals surface area contributed by atoms with Crippen molar-refractivity contribution in [3.63, 3.8) is 0 Å². The fourth-order valence-corrected chi connectivity index (χ4v) is 2.61. The van der Waals surface area contributed by atoms with Crippen LogP contribution >= 0.6 is 12.4 Å². The molecule has 1 fully saturated rings. The van der Waals surface area contributed by atoms with Gasteiger partial charge in [0.05, 0.1) is 0 Å². The van der Waals surface area contributed by atoms with Crippen LogP contribution in [0.25, 0.3) is 0 Å². The van der Waals surface area contributed by atoms with Gasteiger partial charge >= 0.3 is 0 Å². The zero-order valence-corrected chi connectivity index (χ0v) is 14.2. The Balaban J connectivity index is 0.00000288. The van der Waals surface area contributed by atoms with Gasteiger partial charge < -0.3 is 15.8 Å². The summed E-state index contributed by atoms with van der Waals surface area (Å²) in [4.78, 5) is 12.1. The molecule has 2 rings (SSSR count). The Morgan fingerprint density at radius 2 is 2.04 bits per heavy atom. The lowest BCUT2D eigenvalue weighted by molar-refractivity contribution is 0.0927. The number of hydrogen-bond donors (Lipinski definition) is 2. The van der Waals surface area contributed by atoms with E-state index in [4.69, 9.17) is 10.5 Å². The molecule has 0 heterocycles. The van der Waals surface area contributed by atoms with Gasteiger partial charge in [-0.15, -0.1) is 12.4 Å². The molecule has 3 N–H and O–H groups in total. The molecule has 0 atom stereocenters. The van der Waals surface area contributed by atoms with Crippen molar-refractivity contribution in [2.45, 2.75) is 38.1 Å². The van der Waals surface area contributed by atoms with Gasteiger partial charge in [-0.2, -0.15) is 0 Å². The molecule has 1 amide bonds. The maximum absolute atomic E-state index is 14.0. The van der Waals surface area contributed by atoms with E-state index in [0.29, 0.717) is 0 Å². The monoisotopic (exact) mass is 360 g/mol. The van der Waals surface area contributed by atoms with Gasteiger partial charge in [0.1, 0.15) is 12.4 Å². The van der Waals surface area contributed by atoms with Crippen LogP contribution in [0.3, 0.4) is 0 Å². The fraction of sp³-hybridized carbons (Fsp3) is 0.471. The first-order chi connectivity index (χ1) is 11.1. The number of benzene rings is 1. The first-order valence-electron chi connectivity index (χ1n) is 7.88. The molecule has 1 saturated carbocycles. The van der Waals surface area contributed by atoms with Crippen LogP contribution in [0.2, 0.25) is 0 Å². The van der Waals surface area contributed by atoms with Gasteiger partial charge in [0.15, 0.2) is 11.6 Å². The third kappa shape index (κ3) is 6.09. The number of nitrogens with two attached hydrogens (primary N) is 1. The SMILES string of the molecule is Cl.NCC=C(F)COc1ccc(C(=O)NC2CCCCC2)cc1F. The number of carbonyl (C=O) groups excluding carboxylic acids is 1. The Morgan fingerprint density at radius 1 is 1.33 bits per heavy atom. The first-order valence-corrected chi connectivity index (χ1v) is 7.88. The summed E-state index contributed by atoms with van der Waals surface area (Å²) < 4.78 is 32.1. The quantitative estimate of drug-likeness (QED) is 0.816. The Bertz CT molecular complexity index is 576. The van der Waals surface area contributed by atoms with Crippen molar-refractivity contribution in [1.29, 1.82) is 0 Å². The second-order valence-corrected chi connectivity index (χ2v) is 5.63. The Labute approximate surface area is 146 Å². The zero-order valence-electron chi connectivity index (χ0n) is 13.4. The Hall–Kier alpha value is -1.66. The number of amides is 1. The molecule has 0 saturated heterocycles. The summed E-state index contributed by atoms with van der Waals surface area (Å²) in [5.74, 6) is -1.65. The smallest absolute Gasteiger partial charge is 0.251 e. The lowest BCUT2D eigenvalue weighted by Crippen LogP contribution is -2.36. The molecule has 1 aliphatic rings. The van der Waals surface area contributed by atoms with Crippen molar-refractivity contribution in [3.05, 3.63) is 41.5 Å². The summed E-state index contributed by atoms with van der Waals surface area (Å²) in [6, 6.07) is 4.07. The summed E-state index contributed by atoms with van der Waals surface area (Å²) in [6.45, 7) is -0.334. The van der Waals surface area contributed by atoms with E-state index >= 15 is 0 Å². The molecule has 7 heteroatoms. The molecular weight excluding hydrogens is 338 g/mol. The maximum atomic E-state index is 14.0. The van der Waals surface area contributed by atoms with Crippen molar-refractivity contribution in [2.75, 3.05) is 13.2 Å². The van der Waals surface area contributed by atoms with Gasteiger partial charge in [-0.05, 0) is 37.1 Å². The van der Waals surface area contributed by atoms with Crippen LogP contribution in [0.4, 0.5) is 8.78 Å². The number of carbonyl (C=O) groups is 1. The molecule has 0 radical (unpaired) electrons. The van der Waals surface area contributed by atoms with Crippen molar-refractivity contribution in [1.82, 2.24) is 5.32 Å². The highest BCUT2D eigenvalue weighted by molar-refractivity contribution is 5.94. The van der Waals surface area contributed by atoms with E-state index in [2.05, 4.69) is 5.32 Å². The summed E-state index contributed by atoms with van der Waals surface area (Å²) in [6.07, 6.45) is 6.48. The van der Waals surface area contributed by atoms with Crippen LogP contribution in [-0.2, 0) is 0 Å². The first kappa shape index (κ1) is 20.4. The van der Waals surface area contributed by atoms with Gasteiger partial charge in [-0.25, -0.2) is 8.78 Å². The Kier molecular flexibility index (Phi) is 8.71. The van der Waals surface area contributed by atoms with Crippen LogP contribution in [0, 0.1) is 5.82 Å². The summed E-state index contributed by atoms with van der Waals surface area (Å²) in [5.41, 5.74) is 5.40. The minimum atomic E-state index is -0.693. The van der Waals surface area contributed by atoms with Crippen LogP contribution in [-0.4, -0.2) is 25.1 Å². The second-order valence-electron chi connectivity index (χ2n) is 5.63. The molecule has 0 unspecified atom stereocenters. The lowest BCUT2D eigenvalue weighted by atomic mass is 9.95. The molecule has 0 spiro atoms. The second kappa shape index (κ2) is 10.3. The molecule has 0 aromatic heterocycles. The summed E-state index contributed by atoms with van der Waals surface area (Å²) in [5, 5.41) is 2.92. The molecule has 0 bridgehead atoms. The molecular formula is C17H23ClF2N2O2. The minimum absolute atomic E-state index is 0. The van der Waals surface area contributed by atoms with Gasteiger partial charge in [-0.3, -0.25) is 4.79 Å². The van der Waals surface area contributed by atoms with Gasteiger partial charge in [0, 0.05) is 18.2 Å². The average Bonchev–Trinajstić information content (AvgIpc) is 2.55. The maximum Gasteiger partial charge on any atom is 0.251 e. The van der Waals surface area contributed by atoms with E-state index in [0.717, 1.165) is 37.8 Å². The summed E-state index contributed by atoms with van der Waals surface area (Å²) in [7, 11) is 0. The predicted molar refractivity (Wildman–Crippen MR) is 91.7 cm³/mol. The number of nitrogens with one attached hydrogen (secondary N) is 1.